The number of nitrogens with zero attached hydrogens (tertiary/aromatic N) is 2. The predicted octanol–water partition coefficient (Wildman–Crippen LogP) is 3.34. The predicted molar refractivity (Wildman–Crippen MR) is 127 cm³/mol. The van der Waals surface area contributed by atoms with Crippen LogP contribution in [0, 0.1) is 5.92 Å². The Bertz CT molecular complexity index is 1120. The monoisotopic (exact) mass is 448 g/mol. The summed E-state index contributed by atoms with van der Waals surface area (Å²) in [6.07, 6.45) is 5.41. The highest BCUT2D eigenvalue weighted by molar-refractivity contribution is 5.94. The van der Waals surface area contributed by atoms with E-state index in [-0.39, 0.29) is 17.9 Å². The number of carbonyl (C=O) groups is 2. The average Bonchev–Trinajstić information content (AvgIpc) is 3.28. The lowest BCUT2D eigenvalue weighted by Gasteiger charge is -2.28. The Morgan fingerprint density at radius 3 is 2.61 bits per heavy atom. The number of hydrogen-bond donors (Lipinski definition) is 3. The van der Waals surface area contributed by atoms with E-state index in [2.05, 4.69) is 29.6 Å². The van der Waals surface area contributed by atoms with Crippen molar-refractivity contribution in [3.05, 3.63) is 71.0 Å². The van der Waals surface area contributed by atoms with Gasteiger partial charge in [0.05, 0.1) is 17.7 Å². The summed E-state index contributed by atoms with van der Waals surface area (Å²) in [5.41, 5.74) is 3.91. The topological polar surface area (TPSA) is 95.7 Å². The highest BCUT2D eigenvalue weighted by Gasteiger charge is 2.25. The van der Waals surface area contributed by atoms with Crippen LogP contribution in [0.1, 0.15) is 71.5 Å². The lowest BCUT2D eigenvalue weighted by Crippen LogP contribution is -2.45. The fourth-order valence-electron chi connectivity index (χ4n) is 4.26. The zero-order valence-electron chi connectivity index (χ0n) is 19.3. The molecule has 0 saturated heterocycles. The third-order valence-corrected chi connectivity index (χ3v) is 6.14. The molecule has 1 aliphatic rings. The van der Waals surface area contributed by atoms with Crippen LogP contribution in [0.2, 0.25) is 0 Å². The molecule has 7 nitrogen and oxygen atoms in total. The molecule has 4 rings (SSSR count). The van der Waals surface area contributed by atoms with Crippen molar-refractivity contribution in [2.24, 2.45) is 5.92 Å². The van der Waals surface area contributed by atoms with Crippen LogP contribution in [0.4, 0.5) is 0 Å². The number of benzene rings is 1. The Labute approximate surface area is 194 Å². The van der Waals surface area contributed by atoms with Crippen LogP contribution in [0.25, 0.3) is 5.52 Å². The lowest BCUT2D eigenvalue weighted by molar-refractivity contribution is 0.0712. The summed E-state index contributed by atoms with van der Waals surface area (Å²) < 4.78 is 1.72. The summed E-state index contributed by atoms with van der Waals surface area (Å²) in [6, 6.07) is 13.0. The number of aromatic nitrogens is 2. The first-order chi connectivity index (χ1) is 15.9. The van der Waals surface area contributed by atoms with Gasteiger partial charge in [0.25, 0.3) is 11.8 Å². The summed E-state index contributed by atoms with van der Waals surface area (Å²) >= 11 is 0. The first kappa shape index (κ1) is 23.0. The van der Waals surface area contributed by atoms with Gasteiger partial charge in [0, 0.05) is 18.3 Å². The SMILES string of the molecule is CC(C)CNC(=O)c1ccc(Cc2cc(C(=O)N[C@H]3CCCC[C@@H]3O)nn3cccc23)cc1. The summed E-state index contributed by atoms with van der Waals surface area (Å²) in [7, 11) is 0. The largest absolute Gasteiger partial charge is 0.391 e. The molecular weight excluding hydrogens is 416 g/mol. The van der Waals surface area contributed by atoms with Crippen molar-refractivity contribution >= 4 is 17.3 Å². The molecule has 174 valence electrons. The molecule has 2 aromatic heterocycles. The molecule has 2 atom stereocenters. The maximum absolute atomic E-state index is 12.9. The van der Waals surface area contributed by atoms with Crippen molar-refractivity contribution in [2.75, 3.05) is 6.54 Å². The first-order valence-electron chi connectivity index (χ1n) is 11.7. The first-order valence-corrected chi connectivity index (χ1v) is 11.7. The Morgan fingerprint density at radius 2 is 1.88 bits per heavy atom. The number of nitrogens with one attached hydrogen (secondary N) is 2. The fraction of sp³-hybridized carbons (Fsp3) is 0.423. The standard InChI is InChI=1S/C26H32N4O3/c1-17(2)16-27-25(32)19-11-9-18(10-12-19)14-20-15-22(29-30-13-5-7-23(20)30)26(33)28-21-6-3-4-8-24(21)31/h5,7,9-13,15,17,21,24,31H,3-4,6,8,14,16H2,1-2H3,(H,27,32)(H,28,33)/t21-,24-/m0/s1. The highest BCUT2D eigenvalue weighted by Crippen LogP contribution is 2.20. The molecule has 1 aromatic carbocycles. The molecule has 2 heterocycles. The smallest absolute Gasteiger partial charge is 0.272 e. The van der Waals surface area contributed by atoms with Crippen LogP contribution in [0.5, 0.6) is 0 Å². The summed E-state index contributed by atoms with van der Waals surface area (Å²) in [6.45, 7) is 4.77. The Balaban J connectivity index is 1.51. The molecule has 33 heavy (non-hydrogen) atoms. The minimum absolute atomic E-state index is 0.0722. The summed E-state index contributed by atoms with van der Waals surface area (Å²) in [5.74, 6) is 0.0594. The van der Waals surface area contributed by atoms with Gasteiger partial charge in [-0.2, -0.15) is 5.10 Å². The second-order valence-electron chi connectivity index (χ2n) is 9.30. The molecular formula is C26H32N4O3. The number of hydrogen-bond acceptors (Lipinski definition) is 4. The van der Waals surface area contributed by atoms with Crippen molar-refractivity contribution in [2.45, 2.75) is 58.1 Å². The molecule has 7 heteroatoms. The normalized spacial score (nSPS) is 18.4. The van der Waals surface area contributed by atoms with Gasteiger partial charge >= 0.3 is 0 Å². The van der Waals surface area contributed by atoms with Crippen LogP contribution in [-0.4, -0.2) is 45.2 Å². The number of fused-ring (bicyclic) bond motifs is 1. The zero-order valence-corrected chi connectivity index (χ0v) is 19.3. The van der Waals surface area contributed by atoms with E-state index >= 15 is 0 Å². The van der Waals surface area contributed by atoms with Gasteiger partial charge in [-0.3, -0.25) is 9.59 Å². The second kappa shape index (κ2) is 10.2. The van der Waals surface area contributed by atoms with Gasteiger partial charge in [0.15, 0.2) is 0 Å². The molecule has 1 aliphatic carbocycles. The van der Waals surface area contributed by atoms with E-state index in [1.165, 1.54) is 0 Å². The van der Waals surface area contributed by atoms with Crippen LogP contribution in [0.15, 0.2) is 48.7 Å². The van der Waals surface area contributed by atoms with E-state index in [1.807, 2.05) is 48.7 Å². The van der Waals surface area contributed by atoms with E-state index in [4.69, 9.17) is 0 Å². The van der Waals surface area contributed by atoms with Crippen molar-refractivity contribution in [1.82, 2.24) is 20.2 Å². The minimum Gasteiger partial charge on any atom is -0.391 e. The Hall–Kier alpha value is -3.19. The van der Waals surface area contributed by atoms with Gasteiger partial charge in [-0.25, -0.2) is 4.52 Å². The van der Waals surface area contributed by atoms with Gasteiger partial charge < -0.3 is 15.7 Å². The van der Waals surface area contributed by atoms with Gasteiger partial charge in [-0.1, -0.05) is 38.8 Å². The maximum Gasteiger partial charge on any atom is 0.272 e. The summed E-state index contributed by atoms with van der Waals surface area (Å²) in [4.78, 5) is 25.2. The van der Waals surface area contributed by atoms with E-state index in [0.717, 1.165) is 35.9 Å². The summed E-state index contributed by atoms with van der Waals surface area (Å²) in [5, 5.41) is 20.6. The number of rotatable bonds is 7. The third kappa shape index (κ3) is 5.60. The van der Waals surface area contributed by atoms with Crippen molar-refractivity contribution < 1.29 is 14.7 Å². The van der Waals surface area contributed by atoms with Crippen molar-refractivity contribution in [1.29, 1.82) is 0 Å². The quantitative estimate of drug-likeness (QED) is 0.517. The number of amides is 2. The molecule has 0 radical (unpaired) electrons. The van der Waals surface area contributed by atoms with E-state index in [9.17, 15) is 14.7 Å². The molecule has 0 bridgehead atoms. The number of aliphatic hydroxyl groups excluding tert-OH is 1. The lowest BCUT2D eigenvalue weighted by atomic mass is 9.92. The van der Waals surface area contributed by atoms with Crippen molar-refractivity contribution in [3.63, 3.8) is 0 Å². The molecule has 1 saturated carbocycles. The maximum atomic E-state index is 12.9. The molecule has 0 unspecified atom stereocenters. The van der Waals surface area contributed by atoms with E-state index < -0.39 is 6.10 Å². The second-order valence-corrected chi connectivity index (χ2v) is 9.30. The third-order valence-electron chi connectivity index (χ3n) is 6.14. The van der Waals surface area contributed by atoms with E-state index in [0.29, 0.717) is 36.6 Å². The number of aliphatic hydroxyl groups is 1. The molecule has 3 N–H and O–H groups in total. The molecule has 3 aromatic rings. The van der Waals surface area contributed by atoms with Crippen LogP contribution in [0.3, 0.4) is 0 Å². The van der Waals surface area contributed by atoms with Crippen LogP contribution < -0.4 is 10.6 Å². The van der Waals surface area contributed by atoms with Crippen LogP contribution in [-0.2, 0) is 6.42 Å². The molecule has 0 aliphatic heterocycles. The Morgan fingerprint density at radius 1 is 1.12 bits per heavy atom. The number of carbonyl (C=O) groups excluding carboxylic acids is 2. The zero-order chi connectivity index (χ0) is 23.4. The highest BCUT2D eigenvalue weighted by atomic mass is 16.3. The Kier molecular flexibility index (Phi) is 7.08. The molecule has 0 spiro atoms. The van der Waals surface area contributed by atoms with E-state index in [1.54, 1.807) is 4.52 Å². The van der Waals surface area contributed by atoms with Crippen molar-refractivity contribution in [3.8, 4) is 0 Å². The van der Waals surface area contributed by atoms with Gasteiger partial charge in [-0.15, -0.1) is 0 Å². The molecule has 2 amide bonds. The van der Waals surface area contributed by atoms with Gasteiger partial charge in [-0.05, 0) is 66.6 Å². The average molecular weight is 449 g/mol. The van der Waals surface area contributed by atoms with Gasteiger partial charge in [0.1, 0.15) is 5.69 Å². The minimum atomic E-state index is -0.506. The molecule has 1 fully saturated rings. The fourth-order valence-corrected chi connectivity index (χ4v) is 4.26. The van der Waals surface area contributed by atoms with Crippen LogP contribution >= 0.6 is 0 Å². The van der Waals surface area contributed by atoms with Gasteiger partial charge in [0.2, 0.25) is 0 Å².